The Balaban J connectivity index is 2.13. The second kappa shape index (κ2) is 8.24. The van der Waals surface area contributed by atoms with Gasteiger partial charge in [0, 0.05) is 38.3 Å². The molecule has 0 N–H and O–H groups in total. The quantitative estimate of drug-likeness (QED) is 0.796. The fourth-order valence-electron chi connectivity index (χ4n) is 3.04. The average molecular weight is 336 g/mol. The summed E-state index contributed by atoms with van der Waals surface area (Å²) >= 11 is 0. The maximum atomic E-state index is 12.8. The van der Waals surface area contributed by atoms with Crippen LogP contribution in [-0.4, -0.2) is 69.8 Å². The molecule has 0 saturated carbocycles. The van der Waals surface area contributed by atoms with Crippen molar-refractivity contribution in [3.63, 3.8) is 0 Å². The van der Waals surface area contributed by atoms with Gasteiger partial charge in [0.1, 0.15) is 0 Å². The monoisotopic (exact) mass is 336 g/mol. The smallest absolute Gasteiger partial charge is 0.254 e. The van der Waals surface area contributed by atoms with E-state index >= 15 is 0 Å². The highest BCUT2D eigenvalue weighted by atomic mass is 16.5. The lowest BCUT2D eigenvalue weighted by molar-refractivity contribution is 0.0623. The molecule has 1 saturated heterocycles. The fourth-order valence-corrected chi connectivity index (χ4v) is 3.04. The van der Waals surface area contributed by atoms with Crippen molar-refractivity contribution in [3.05, 3.63) is 17.7 Å². The number of hydrogen-bond donors (Lipinski definition) is 0. The zero-order valence-electron chi connectivity index (χ0n) is 15.3. The van der Waals surface area contributed by atoms with Crippen molar-refractivity contribution in [2.75, 3.05) is 54.1 Å². The summed E-state index contributed by atoms with van der Waals surface area (Å²) < 4.78 is 16.0. The number of rotatable bonds is 6. The number of methoxy groups -OCH3 is 3. The Morgan fingerprint density at radius 2 is 1.54 bits per heavy atom. The third-order valence-electron chi connectivity index (χ3n) is 4.19. The van der Waals surface area contributed by atoms with Crippen LogP contribution in [0.2, 0.25) is 0 Å². The van der Waals surface area contributed by atoms with Crippen LogP contribution in [0.15, 0.2) is 12.1 Å². The molecule has 1 fully saturated rings. The number of nitrogens with zero attached hydrogens (tertiary/aromatic N) is 2. The van der Waals surface area contributed by atoms with E-state index in [1.54, 1.807) is 33.5 Å². The van der Waals surface area contributed by atoms with E-state index in [1.165, 1.54) is 0 Å². The summed E-state index contributed by atoms with van der Waals surface area (Å²) in [6.07, 6.45) is 0. The first-order chi connectivity index (χ1) is 11.5. The third kappa shape index (κ3) is 4.12. The zero-order chi connectivity index (χ0) is 17.7. The molecule has 0 spiro atoms. The molecule has 1 aliphatic heterocycles. The molecule has 0 unspecified atom stereocenters. The number of hydrogen-bond acceptors (Lipinski definition) is 5. The first-order valence-electron chi connectivity index (χ1n) is 8.31. The topological polar surface area (TPSA) is 51.2 Å². The van der Waals surface area contributed by atoms with Gasteiger partial charge in [0.2, 0.25) is 5.75 Å². The fraction of sp³-hybridized carbons (Fsp3) is 0.611. The van der Waals surface area contributed by atoms with Crippen molar-refractivity contribution in [2.45, 2.75) is 13.8 Å². The summed E-state index contributed by atoms with van der Waals surface area (Å²) in [5.74, 6) is 2.14. The van der Waals surface area contributed by atoms with Gasteiger partial charge in [-0.1, -0.05) is 13.8 Å². The highest BCUT2D eigenvalue weighted by Crippen LogP contribution is 2.38. The number of amides is 1. The number of benzene rings is 1. The number of carbonyl (C=O) groups excluding carboxylic acids is 1. The van der Waals surface area contributed by atoms with Gasteiger partial charge in [-0.05, 0) is 18.1 Å². The standard InChI is InChI=1S/C18H28N2O4/c1-13(2)12-19-6-8-20(9-7-19)18(21)14-10-15(22-3)17(24-5)16(11-14)23-4/h10-11,13H,6-9,12H2,1-5H3. The Morgan fingerprint density at radius 3 is 1.96 bits per heavy atom. The summed E-state index contributed by atoms with van der Waals surface area (Å²) in [5, 5.41) is 0. The third-order valence-corrected chi connectivity index (χ3v) is 4.19. The van der Waals surface area contributed by atoms with Crippen LogP contribution in [0, 0.1) is 5.92 Å². The van der Waals surface area contributed by atoms with Crippen molar-refractivity contribution in [1.82, 2.24) is 9.80 Å². The normalized spacial score (nSPS) is 15.5. The van der Waals surface area contributed by atoms with Crippen molar-refractivity contribution in [3.8, 4) is 17.2 Å². The molecule has 0 aliphatic carbocycles. The second-order valence-electron chi connectivity index (χ2n) is 6.40. The maximum Gasteiger partial charge on any atom is 0.254 e. The van der Waals surface area contributed by atoms with Gasteiger partial charge in [-0.15, -0.1) is 0 Å². The second-order valence-corrected chi connectivity index (χ2v) is 6.40. The molecular formula is C18H28N2O4. The van der Waals surface area contributed by atoms with Gasteiger partial charge in [0.25, 0.3) is 5.91 Å². The summed E-state index contributed by atoms with van der Waals surface area (Å²) in [7, 11) is 4.66. The maximum absolute atomic E-state index is 12.8. The van der Waals surface area contributed by atoms with E-state index in [4.69, 9.17) is 14.2 Å². The van der Waals surface area contributed by atoms with Crippen LogP contribution in [-0.2, 0) is 0 Å². The van der Waals surface area contributed by atoms with Gasteiger partial charge in [0.05, 0.1) is 21.3 Å². The lowest BCUT2D eigenvalue weighted by Crippen LogP contribution is -2.49. The zero-order valence-corrected chi connectivity index (χ0v) is 15.3. The van der Waals surface area contributed by atoms with Crippen LogP contribution in [0.25, 0.3) is 0 Å². The SMILES string of the molecule is COc1cc(C(=O)N2CCN(CC(C)C)CC2)cc(OC)c1OC. The minimum Gasteiger partial charge on any atom is -0.493 e. The van der Waals surface area contributed by atoms with Crippen LogP contribution < -0.4 is 14.2 Å². The van der Waals surface area contributed by atoms with E-state index in [2.05, 4.69) is 18.7 Å². The van der Waals surface area contributed by atoms with Crippen LogP contribution in [0.5, 0.6) is 17.2 Å². The Labute approximate surface area is 144 Å². The van der Waals surface area contributed by atoms with Crippen LogP contribution in [0.4, 0.5) is 0 Å². The average Bonchev–Trinajstić information content (AvgIpc) is 2.59. The van der Waals surface area contributed by atoms with E-state index in [9.17, 15) is 4.79 Å². The van der Waals surface area contributed by atoms with Crippen molar-refractivity contribution in [2.24, 2.45) is 5.92 Å². The van der Waals surface area contributed by atoms with Crippen molar-refractivity contribution >= 4 is 5.91 Å². The Hall–Kier alpha value is -1.95. The Morgan fingerprint density at radius 1 is 1.00 bits per heavy atom. The Bertz CT molecular complexity index is 541. The summed E-state index contributed by atoms with van der Waals surface area (Å²) in [6.45, 7) is 8.81. The summed E-state index contributed by atoms with van der Waals surface area (Å²) in [5.41, 5.74) is 0.557. The molecule has 1 heterocycles. The molecule has 1 amide bonds. The molecule has 0 atom stereocenters. The first kappa shape index (κ1) is 18.4. The Kier molecular flexibility index (Phi) is 6.31. The minimum atomic E-state index is -0.00144. The van der Waals surface area contributed by atoms with Gasteiger partial charge in [-0.2, -0.15) is 0 Å². The van der Waals surface area contributed by atoms with Gasteiger partial charge >= 0.3 is 0 Å². The molecule has 1 aliphatic rings. The van der Waals surface area contributed by atoms with Crippen molar-refractivity contribution < 1.29 is 19.0 Å². The van der Waals surface area contributed by atoms with E-state index in [-0.39, 0.29) is 5.91 Å². The number of piperazine rings is 1. The van der Waals surface area contributed by atoms with E-state index in [1.807, 2.05) is 4.90 Å². The molecule has 0 aromatic heterocycles. The number of ether oxygens (including phenoxy) is 3. The van der Waals surface area contributed by atoms with Gasteiger partial charge in [-0.25, -0.2) is 0 Å². The van der Waals surface area contributed by atoms with Crippen LogP contribution in [0.1, 0.15) is 24.2 Å². The van der Waals surface area contributed by atoms with E-state index in [0.29, 0.717) is 28.7 Å². The lowest BCUT2D eigenvalue weighted by Gasteiger charge is -2.35. The van der Waals surface area contributed by atoms with E-state index in [0.717, 1.165) is 32.7 Å². The van der Waals surface area contributed by atoms with Gasteiger partial charge in [0.15, 0.2) is 11.5 Å². The highest BCUT2D eigenvalue weighted by molar-refractivity contribution is 5.95. The first-order valence-corrected chi connectivity index (χ1v) is 8.31. The van der Waals surface area contributed by atoms with Crippen LogP contribution in [0.3, 0.4) is 0 Å². The van der Waals surface area contributed by atoms with Crippen molar-refractivity contribution in [1.29, 1.82) is 0 Å². The molecule has 1 aromatic rings. The lowest BCUT2D eigenvalue weighted by atomic mass is 10.1. The molecule has 6 heteroatoms. The molecule has 2 rings (SSSR count). The molecule has 1 aromatic carbocycles. The molecule has 0 radical (unpaired) electrons. The molecule has 6 nitrogen and oxygen atoms in total. The number of carbonyl (C=O) groups is 1. The summed E-state index contributed by atoms with van der Waals surface area (Å²) in [6, 6.07) is 3.42. The predicted molar refractivity (Wildman–Crippen MR) is 93.3 cm³/mol. The molecule has 134 valence electrons. The molecule has 0 bridgehead atoms. The summed E-state index contributed by atoms with van der Waals surface area (Å²) in [4.78, 5) is 17.1. The molecular weight excluding hydrogens is 308 g/mol. The van der Waals surface area contributed by atoms with E-state index < -0.39 is 0 Å². The van der Waals surface area contributed by atoms with Gasteiger partial charge < -0.3 is 19.1 Å². The highest BCUT2D eigenvalue weighted by Gasteiger charge is 2.24. The van der Waals surface area contributed by atoms with Gasteiger partial charge in [-0.3, -0.25) is 9.69 Å². The predicted octanol–water partition coefficient (Wildman–Crippen LogP) is 2.13. The van der Waals surface area contributed by atoms with Crippen LogP contribution >= 0.6 is 0 Å². The minimum absolute atomic E-state index is 0.00144. The largest absolute Gasteiger partial charge is 0.493 e. The molecule has 24 heavy (non-hydrogen) atoms.